The lowest BCUT2D eigenvalue weighted by Crippen LogP contribution is -2.45. The molecule has 0 bridgehead atoms. The van der Waals surface area contributed by atoms with Crippen molar-refractivity contribution in [2.75, 3.05) is 26.2 Å². The summed E-state index contributed by atoms with van der Waals surface area (Å²) >= 11 is 0. The van der Waals surface area contributed by atoms with Gasteiger partial charge in [0.05, 0.1) is 18.0 Å². The van der Waals surface area contributed by atoms with Crippen LogP contribution < -0.4 is 0 Å². The van der Waals surface area contributed by atoms with Gasteiger partial charge in [0.15, 0.2) is 0 Å². The van der Waals surface area contributed by atoms with Crippen molar-refractivity contribution in [1.82, 2.24) is 14.5 Å². The van der Waals surface area contributed by atoms with Crippen LogP contribution >= 0.6 is 0 Å². The highest BCUT2D eigenvalue weighted by Gasteiger charge is 2.33. The normalized spacial score (nSPS) is 17.4. The maximum Gasteiger partial charge on any atom is 0.0707 e. The molecule has 27 heavy (non-hydrogen) atoms. The molecule has 2 aromatic carbocycles. The first-order valence-corrected chi connectivity index (χ1v) is 9.64. The Hall–Kier alpha value is -2.85. The van der Waals surface area contributed by atoms with Crippen LogP contribution in [0.3, 0.4) is 0 Å². The summed E-state index contributed by atoms with van der Waals surface area (Å²) in [5.74, 6) is 0. The van der Waals surface area contributed by atoms with Crippen molar-refractivity contribution in [3.63, 3.8) is 0 Å². The molecule has 0 amide bonds. The lowest BCUT2D eigenvalue weighted by Gasteiger charge is -2.37. The fraction of sp³-hybridized carbons (Fsp3) is 0.261. The van der Waals surface area contributed by atoms with Gasteiger partial charge in [-0.05, 0) is 34.4 Å². The van der Waals surface area contributed by atoms with E-state index in [1.807, 2.05) is 25.5 Å². The Kier molecular flexibility index (Phi) is 4.06. The van der Waals surface area contributed by atoms with E-state index in [4.69, 9.17) is 5.10 Å². The van der Waals surface area contributed by atoms with Crippen molar-refractivity contribution in [3.05, 3.63) is 83.7 Å². The third-order valence-corrected chi connectivity index (χ3v) is 5.79. The molecule has 4 nitrogen and oxygen atoms in total. The lowest BCUT2D eigenvalue weighted by molar-refractivity contribution is 0.114. The van der Waals surface area contributed by atoms with Gasteiger partial charge in [-0.25, -0.2) is 0 Å². The smallest absolute Gasteiger partial charge is 0.0707 e. The number of aryl methyl sites for hydroxylation is 1. The number of benzene rings is 2. The maximum absolute atomic E-state index is 4.70. The van der Waals surface area contributed by atoms with Crippen LogP contribution in [0.2, 0.25) is 0 Å². The molecule has 3 aromatic rings. The third-order valence-electron chi connectivity index (χ3n) is 5.79. The summed E-state index contributed by atoms with van der Waals surface area (Å²) in [5, 5.41) is 6.89. The van der Waals surface area contributed by atoms with Crippen LogP contribution in [0.25, 0.3) is 11.1 Å². The number of fused-ring (bicyclic) bond motifs is 3. The number of rotatable bonds is 3. The van der Waals surface area contributed by atoms with Gasteiger partial charge >= 0.3 is 0 Å². The summed E-state index contributed by atoms with van der Waals surface area (Å²) in [6.45, 7) is 3.97. The number of hydrazone groups is 1. The molecule has 2 aliphatic rings. The summed E-state index contributed by atoms with van der Waals surface area (Å²) in [7, 11) is 2.05. The monoisotopic (exact) mass is 356 g/mol. The van der Waals surface area contributed by atoms with E-state index in [0.717, 1.165) is 31.9 Å². The highest BCUT2D eigenvalue weighted by Crippen LogP contribution is 2.46. The van der Waals surface area contributed by atoms with Crippen LogP contribution in [0.5, 0.6) is 0 Å². The molecule has 5 rings (SSSR count). The Balaban J connectivity index is 1.34. The van der Waals surface area contributed by atoms with Gasteiger partial charge in [-0.15, -0.1) is 0 Å². The summed E-state index contributed by atoms with van der Waals surface area (Å²) < 4.78 is 2.09. The molecule has 1 aliphatic carbocycles. The average Bonchev–Trinajstić information content (AvgIpc) is 3.28. The van der Waals surface area contributed by atoms with E-state index in [-0.39, 0.29) is 0 Å². The average molecular weight is 356 g/mol. The molecule has 0 radical (unpaired) electrons. The number of aromatic nitrogens is 1. The summed E-state index contributed by atoms with van der Waals surface area (Å²) in [5.41, 5.74) is 6.81. The molecule has 136 valence electrons. The largest absolute Gasteiger partial charge is 0.350 e. The van der Waals surface area contributed by atoms with E-state index in [0.29, 0.717) is 6.04 Å². The molecule has 0 spiro atoms. The number of hydrogen-bond donors (Lipinski definition) is 0. The molecule has 2 heterocycles. The highest BCUT2D eigenvalue weighted by molar-refractivity contribution is 5.78. The minimum atomic E-state index is 0.372. The van der Waals surface area contributed by atoms with E-state index < -0.39 is 0 Å². The van der Waals surface area contributed by atoms with E-state index >= 15 is 0 Å². The number of piperazine rings is 1. The molecule has 0 unspecified atom stereocenters. The van der Waals surface area contributed by atoms with Crippen molar-refractivity contribution in [2.24, 2.45) is 12.1 Å². The van der Waals surface area contributed by atoms with Crippen molar-refractivity contribution in [2.45, 2.75) is 6.04 Å². The number of nitrogens with zero attached hydrogens (tertiary/aromatic N) is 4. The maximum atomic E-state index is 4.70. The predicted molar refractivity (Wildman–Crippen MR) is 110 cm³/mol. The van der Waals surface area contributed by atoms with E-state index in [9.17, 15) is 0 Å². The number of hydrogen-bond acceptors (Lipinski definition) is 3. The van der Waals surface area contributed by atoms with Crippen molar-refractivity contribution >= 4 is 6.21 Å². The standard InChI is InChI=1S/C23H24N4/c1-25-12-6-7-18(25)17-24-27-15-13-26(14-16-27)23-21-10-4-2-8-19(21)20-9-3-5-11-22(20)23/h2-12,17,23H,13-16H2,1H3/b24-17+. The predicted octanol–water partition coefficient (Wildman–Crippen LogP) is 3.75. The van der Waals surface area contributed by atoms with Crippen LogP contribution in [-0.2, 0) is 7.05 Å². The molecule has 1 saturated heterocycles. The van der Waals surface area contributed by atoms with Gasteiger partial charge in [0.2, 0.25) is 0 Å². The second-order valence-corrected chi connectivity index (χ2v) is 7.36. The lowest BCUT2D eigenvalue weighted by atomic mass is 10.0. The van der Waals surface area contributed by atoms with Gasteiger partial charge in [-0.1, -0.05) is 48.5 Å². The topological polar surface area (TPSA) is 23.8 Å². The van der Waals surface area contributed by atoms with Gasteiger partial charge in [-0.3, -0.25) is 9.91 Å². The molecule has 1 aromatic heterocycles. The third kappa shape index (κ3) is 2.86. The molecule has 0 N–H and O–H groups in total. The van der Waals surface area contributed by atoms with Gasteiger partial charge in [0.25, 0.3) is 0 Å². The Bertz CT molecular complexity index is 934. The van der Waals surface area contributed by atoms with Crippen molar-refractivity contribution in [3.8, 4) is 11.1 Å². The van der Waals surface area contributed by atoms with Crippen LogP contribution in [0.1, 0.15) is 22.9 Å². The SMILES string of the molecule is Cn1cccc1/C=N/N1CCN(C2c3ccccc3-c3ccccc32)CC1. The Morgan fingerprint density at radius 2 is 1.44 bits per heavy atom. The van der Waals surface area contributed by atoms with Crippen LogP contribution in [0.15, 0.2) is 72.0 Å². The molecule has 0 saturated carbocycles. The zero-order valence-electron chi connectivity index (χ0n) is 15.6. The van der Waals surface area contributed by atoms with Gasteiger partial charge in [0.1, 0.15) is 0 Å². The molecule has 1 aliphatic heterocycles. The first kappa shape index (κ1) is 16.3. The Morgan fingerprint density at radius 1 is 0.815 bits per heavy atom. The minimum Gasteiger partial charge on any atom is -0.350 e. The molecule has 4 heteroatoms. The van der Waals surface area contributed by atoms with Crippen LogP contribution in [0.4, 0.5) is 0 Å². The molecular formula is C23H24N4. The van der Waals surface area contributed by atoms with Crippen molar-refractivity contribution in [1.29, 1.82) is 0 Å². The van der Waals surface area contributed by atoms with E-state index in [2.05, 4.69) is 69.1 Å². The minimum absolute atomic E-state index is 0.372. The fourth-order valence-electron chi connectivity index (χ4n) is 4.36. The highest BCUT2D eigenvalue weighted by atomic mass is 15.5. The van der Waals surface area contributed by atoms with Crippen LogP contribution in [0, 0.1) is 0 Å². The molecule has 1 fully saturated rings. The first-order valence-electron chi connectivity index (χ1n) is 9.64. The zero-order chi connectivity index (χ0) is 18.2. The van der Waals surface area contributed by atoms with Gasteiger partial charge in [-0.2, -0.15) is 5.10 Å². The van der Waals surface area contributed by atoms with Crippen molar-refractivity contribution < 1.29 is 0 Å². The zero-order valence-corrected chi connectivity index (χ0v) is 15.6. The van der Waals surface area contributed by atoms with E-state index in [1.54, 1.807) is 0 Å². The second kappa shape index (κ2) is 6.71. The first-order chi connectivity index (χ1) is 13.3. The quantitative estimate of drug-likeness (QED) is 0.668. The van der Waals surface area contributed by atoms with Crippen LogP contribution in [-0.4, -0.2) is 46.9 Å². The summed E-state index contributed by atoms with van der Waals surface area (Å²) in [4.78, 5) is 2.61. The van der Waals surface area contributed by atoms with E-state index in [1.165, 1.54) is 22.3 Å². The molecule has 0 atom stereocenters. The molecular weight excluding hydrogens is 332 g/mol. The Labute approximate surface area is 160 Å². The second-order valence-electron chi connectivity index (χ2n) is 7.36. The Morgan fingerprint density at radius 3 is 2.04 bits per heavy atom. The van der Waals surface area contributed by atoms with Gasteiger partial charge in [0, 0.05) is 39.4 Å². The summed E-state index contributed by atoms with van der Waals surface area (Å²) in [6, 6.07) is 22.2. The van der Waals surface area contributed by atoms with Gasteiger partial charge < -0.3 is 4.57 Å². The fourth-order valence-corrected chi connectivity index (χ4v) is 4.36. The summed E-state index contributed by atoms with van der Waals surface area (Å²) in [6.07, 6.45) is 4.02.